The van der Waals surface area contributed by atoms with E-state index in [1.807, 2.05) is 30.2 Å². The molecule has 2 heterocycles. The lowest BCUT2D eigenvalue weighted by atomic mass is 10.3. The van der Waals surface area contributed by atoms with Crippen LogP contribution in [0.5, 0.6) is 0 Å². The van der Waals surface area contributed by atoms with Gasteiger partial charge in [0.25, 0.3) is 0 Å². The first-order valence-electron chi connectivity index (χ1n) is 5.59. The molecule has 92 valence electrons. The highest BCUT2D eigenvalue weighted by molar-refractivity contribution is 5.04. The SMILES string of the molecule is Cn1nccc1CNCc1cnn(CCO)c1. The minimum atomic E-state index is 0.115. The van der Waals surface area contributed by atoms with Crippen LogP contribution in [0, 0.1) is 0 Å². The van der Waals surface area contributed by atoms with Crippen LogP contribution in [-0.2, 0) is 26.7 Å². The van der Waals surface area contributed by atoms with Crippen molar-refractivity contribution in [2.24, 2.45) is 7.05 Å². The Labute approximate surface area is 99.9 Å². The summed E-state index contributed by atoms with van der Waals surface area (Å²) < 4.78 is 3.59. The number of nitrogens with one attached hydrogen (secondary N) is 1. The molecule has 6 nitrogen and oxygen atoms in total. The van der Waals surface area contributed by atoms with Crippen molar-refractivity contribution in [1.29, 1.82) is 0 Å². The molecule has 2 N–H and O–H groups in total. The second-order valence-electron chi connectivity index (χ2n) is 3.88. The van der Waals surface area contributed by atoms with E-state index in [1.165, 1.54) is 0 Å². The van der Waals surface area contributed by atoms with Gasteiger partial charge in [-0.05, 0) is 6.07 Å². The quantitative estimate of drug-likeness (QED) is 0.733. The molecule has 0 bridgehead atoms. The van der Waals surface area contributed by atoms with E-state index >= 15 is 0 Å². The van der Waals surface area contributed by atoms with E-state index in [9.17, 15) is 0 Å². The highest BCUT2D eigenvalue weighted by Gasteiger charge is 2.00. The molecule has 0 amide bonds. The molecule has 0 saturated carbocycles. The van der Waals surface area contributed by atoms with E-state index in [0.29, 0.717) is 6.54 Å². The molecule has 0 aliphatic rings. The van der Waals surface area contributed by atoms with Crippen LogP contribution < -0.4 is 5.32 Å². The molecule has 0 aliphatic carbocycles. The van der Waals surface area contributed by atoms with Gasteiger partial charge in [-0.3, -0.25) is 9.36 Å². The first kappa shape index (κ1) is 11.8. The molecule has 0 fully saturated rings. The van der Waals surface area contributed by atoms with Crippen LogP contribution in [0.4, 0.5) is 0 Å². The zero-order valence-electron chi connectivity index (χ0n) is 9.87. The van der Waals surface area contributed by atoms with Gasteiger partial charge in [0.2, 0.25) is 0 Å². The molecule has 0 saturated heterocycles. The zero-order valence-corrected chi connectivity index (χ0v) is 9.87. The van der Waals surface area contributed by atoms with Gasteiger partial charge in [-0.15, -0.1) is 0 Å². The van der Waals surface area contributed by atoms with Gasteiger partial charge in [-0.1, -0.05) is 0 Å². The molecule has 6 heteroatoms. The van der Waals surface area contributed by atoms with Crippen molar-refractivity contribution in [3.8, 4) is 0 Å². The molecular formula is C11H17N5O. The Morgan fingerprint density at radius 1 is 1.35 bits per heavy atom. The lowest BCUT2D eigenvalue weighted by Crippen LogP contribution is -2.15. The molecular weight excluding hydrogens is 218 g/mol. The predicted octanol–water partition coefficient (Wildman–Crippen LogP) is -0.101. The molecule has 0 radical (unpaired) electrons. The monoisotopic (exact) mass is 235 g/mol. The Kier molecular flexibility index (Phi) is 3.89. The smallest absolute Gasteiger partial charge is 0.0640 e. The van der Waals surface area contributed by atoms with E-state index < -0.39 is 0 Å². The average molecular weight is 235 g/mol. The topological polar surface area (TPSA) is 67.9 Å². The van der Waals surface area contributed by atoms with E-state index in [0.717, 1.165) is 24.3 Å². The summed E-state index contributed by atoms with van der Waals surface area (Å²) in [6.45, 7) is 2.20. The standard InChI is InChI=1S/C11H17N5O/c1-15-11(2-3-13-15)8-12-6-10-7-14-16(9-10)4-5-17/h2-3,7,9,12,17H,4-6,8H2,1H3. The summed E-state index contributed by atoms with van der Waals surface area (Å²) in [5.41, 5.74) is 2.26. The van der Waals surface area contributed by atoms with Gasteiger partial charge in [0.05, 0.1) is 25.0 Å². The van der Waals surface area contributed by atoms with Crippen LogP contribution in [0.3, 0.4) is 0 Å². The maximum absolute atomic E-state index is 8.77. The van der Waals surface area contributed by atoms with Gasteiger partial charge in [-0.2, -0.15) is 10.2 Å². The van der Waals surface area contributed by atoms with E-state index in [2.05, 4.69) is 15.5 Å². The Balaban J connectivity index is 1.80. The number of nitrogens with zero attached hydrogens (tertiary/aromatic N) is 4. The number of aliphatic hydroxyl groups excluding tert-OH is 1. The van der Waals surface area contributed by atoms with Gasteiger partial charge in [0.1, 0.15) is 0 Å². The maximum Gasteiger partial charge on any atom is 0.0640 e. The molecule has 2 aromatic rings. The van der Waals surface area contributed by atoms with Crippen LogP contribution in [0.25, 0.3) is 0 Å². The van der Waals surface area contributed by atoms with Crippen molar-refractivity contribution >= 4 is 0 Å². The second-order valence-corrected chi connectivity index (χ2v) is 3.88. The van der Waals surface area contributed by atoms with Gasteiger partial charge < -0.3 is 10.4 Å². The van der Waals surface area contributed by atoms with E-state index in [4.69, 9.17) is 5.11 Å². The minimum Gasteiger partial charge on any atom is -0.394 e. The fraction of sp³-hybridized carbons (Fsp3) is 0.455. The fourth-order valence-electron chi connectivity index (χ4n) is 1.63. The predicted molar refractivity (Wildman–Crippen MR) is 63.1 cm³/mol. The van der Waals surface area contributed by atoms with Crippen molar-refractivity contribution in [3.63, 3.8) is 0 Å². The first-order valence-corrected chi connectivity index (χ1v) is 5.59. The third kappa shape index (κ3) is 3.15. The normalized spacial score (nSPS) is 10.9. The first-order chi connectivity index (χ1) is 8.29. The van der Waals surface area contributed by atoms with Crippen LogP contribution in [-0.4, -0.2) is 31.3 Å². The van der Waals surface area contributed by atoms with Gasteiger partial charge >= 0.3 is 0 Å². The Morgan fingerprint density at radius 3 is 2.94 bits per heavy atom. The van der Waals surface area contributed by atoms with Crippen molar-refractivity contribution in [2.45, 2.75) is 19.6 Å². The molecule has 0 aliphatic heterocycles. The zero-order chi connectivity index (χ0) is 12.1. The van der Waals surface area contributed by atoms with Crippen molar-refractivity contribution in [3.05, 3.63) is 35.9 Å². The second kappa shape index (κ2) is 5.60. The maximum atomic E-state index is 8.77. The third-order valence-corrected chi connectivity index (χ3v) is 2.57. The fourth-order valence-corrected chi connectivity index (χ4v) is 1.63. The van der Waals surface area contributed by atoms with Crippen LogP contribution in [0.2, 0.25) is 0 Å². The highest BCUT2D eigenvalue weighted by Crippen LogP contribution is 1.99. The average Bonchev–Trinajstić information content (AvgIpc) is 2.90. The Morgan fingerprint density at radius 2 is 2.24 bits per heavy atom. The molecule has 17 heavy (non-hydrogen) atoms. The van der Waals surface area contributed by atoms with Crippen molar-refractivity contribution in [1.82, 2.24) is 24.9 Å². The van der Waals surface area contributed by atoms with E-state index in [1.54, 1.807) is 10.9 Å². The van der Waals surface area contributed by atoms with Gasteiger partial charge in [0, 0.05) is 38.1 Å². The van der Waals surface area contributed by atoms with E-state index in [-0.39, 0.29) is 6.61 Å². The number of aromatic nitrogens is 4. The summed E-state index contributed by atoms with van der Waals surface area (Å²) in [6, 6.07) is 1.99. The summed E-state index contributed by atoms with van der Waals surface area (Å²) in [5, 5.41) is 20.3. The molecule has 2 aromatic heterocycles. The highest BCUT2D eigenvalue weighted by atomic mass is 16.3. The summed E-state index contributed by atoms with van der Waals surface area (Å²) in [6.07, 6.45) is 5.54. The van der Waals surface area contributed by atoms with Crippen LogP contribution >= 0.6 is 0 Å². The molecule has 2 rings (SSSR count). The lowest BCUT2D eigenvalue weighted by Gasteiger charge is -2.03. The molecule has 0 unspecified atom stereocenters. The number of aliphatic hydroxyl groups is 1. The summed E-state index contributed by atoms with van der Waals surface area (Å²) in [4.78, 5) is 0. The summed E-state index contributed by atoms with van der Waals surface area (Å²) >= 11 is 0. The number of hydrogen-bond donors (Lipinski definition) is 2. The number of hydrogen-bond acceptors (Lipinski definition) is 4. The van der Waals surface area contributed by atoms with Crippen molar-refractivity contribution in [2.75, 3.05) is 6.61 Å². The summed E-state index contributed by atoms with van der Waals surface area (Å²) in [7, 11) is 1.93. The van der Waals surface area contributed by atoms with Gasteiger partial charge in [0.15, 0.2) is 0 Å². The number of aryl methyl sites for hydroxylation is 1. The molecule has 0 atom stereocenters. The Bertz CT molecular complexity index is 462. The third-order valence-electron chi connectivity index (χ3n) is 2.57. The largest absolute Gasteiger partial charge is 0.394 e. The minimum absolute atomic E-state index is 0.115. The molecule has 0 aromatic carbocycles. The molecule has 0 spiro atoms. The Hall–Kier alpha value is -1.66. The summed E-state index contributed by atoms with van der Waals surface area (Å²) in [5.74, 6) is 0. The van der Waals surface area contributed by atoms with Crippen molar-refractivity contribution < 1.29 is 5.11 Å². The number of rotatable bonds is 6. The lowest BCUT2D eigenvalue weighted by molar-refractivity contribution is 0.269. The van der Waals surface area contributed by atoms with Gasteiger partial charge in [-0.25, -0.2) is 0 Å². The van der Waals surface area contributed by atoms with Crippen LogP contribution in [0.1, 0.15) is 11.3 Å². The van der Waals surface area contributed by atoms with Crippen LogP contribution in [0.15, 0.2) is 24.7 Å².